The first-order valence-electron chi connectivity index (χ1n) is 6.75. The zero-order valence-electron chi connectivity index (χ0n) is 13.0. The maximum Gasteiger partial charge on any atom is 0.315 e. The highest BCUT2D eigenvalue weighted by atomic mass is 32.1. The van der Waals surface area contributed by atoms with Crippen LogP contribution in [0.2, 0.25) is 0 Å². The highest BCUT2D eigenvalue weighted by Crippen LogP contribution is 2.23. The molecule has 6 nitrogen and oxygen atoms in total. The van der Waals surface area contributed by atoms with Gasteiger partial charge in [-0.15, -0.1) is 11.3 Å². The second-order valence-corrected chi connectivity index (χ2v) is 6.46. The summed E-state index contributed by atoms with van der Waals surface area (Å²) >= 11 is 1.55. The highest BCUT2D eigenvalue weighted by Gasteiger charge is 2.26. The zero-order chi connectivity index (χ0) is 15.6. The van der Waals surface area contributed by atoms with Gasteiger partial charge in [0.05, 0.1) is 11.7 Å². The van der Waals surface area contributed by atoms with Crippen LogP contribution in [0.3, 0.4) is 0 Å². The van der Waals surface area contributed by atoms with Crippen molar-refractivity contribution in [3.05, 3.63) is 33.5 Å². The molecule has 0 fully saturated rings. The van der Waals surface area contributed by atoms with Crippen molar-refractivity contribution in [2.45, 2.75) is 39.8 Å². The largest absolute Gasteiger partial charge is 0.334 e. The van der Waals surface area contributed by atoms with Gasteiger partial charge in [0, 0.05) is 35.9 Å². The van der Waals surface area contributed by atoms with E-state index in [2.05, 4.69) is 20.7 Å². The van der Waals surface area contributed by atoms with Gasteiger partial charge in [-0.3, -0.25) is 4.68 Å². The van der Waals surface area contributed by atoms with E-state index in [1.807, 2.05) is 40.1 Å². The fourth-order valence-corrected chi connectivity index (χ4v) is 2.79. The van der Waals surface area contributed by atoms with Gasteiger partial charge in [-0.25, -0.2) is 9.78 Å². The van der Waals surface area contributed by atoms with Crippen LogP contribution < -0.4 is 10.6 Å². The Bertz CT molecular complexity index is 644. The number of aromatic nitrogens is 3. The topological polar surface area (TPSA) is 71.8 Å². The van der Waals surface area contributed by atoms with Crippen LogP contribution in [-0.2, 0) is 19.1 Å². The molecule has 2 aromatic heterocycles. The molecule has 0 spiro atoms. The Labute approximate surface area is 128 Å². The molecule has 2 rings (SSSR count). The van der Waals surface area contributed by atoms with E-state index in [1.54, 1.807) is 22.2 Å². The van der Waals surface area contributed by atoms with Crippen LogP contribution in [-0.4, -0.2) is 20.8 Å². The number of aryl methyl sites for hydroxylation is 2. The van der Waals surface area contributed by atoms with Gasteiger partial charge >= 0.3 is 6.03 Å². The van der Waals surface area contributed by atoms with E-state index in [4.69, 9.17) is 0 Å². The zero-order valence-corrected chi connectivity index (χ0v) is 13.8. The summed E-state index contributed by atoms with van der Waals surface area (Å²) < 4.78 is 1.79. The SMILES string of the molecule is Cc1csc(C(C)(C)NC(=O)NCc2cnn(C)c2C)n1. The summed E-state index contributed by atoms with van der Waals surface area (Å²) in [5.74, 6) is 0. The Morgan fingerprint density at radius 3 is 2.67 bits per heavy atom. The number of urea groups is 1. The summed E-state index contributed by atoms with van der Waals surface area (Å²) in [5, 5.41) is 12.8. The standard InChI is InChI=1S/C14H21N5OS/c1-9-8-21-12(17-9)14(3,4)18-13(20)15-6-11-7-16-19(5)10(11)2/h7-8H,6H2,1-5H3,(H2,15,18,20). The van der Waals surface area contributed by atoms with Gasteiger partial charge < -0.3 is 10.6 Å². The molecular weight excluding hydrogens is 286 g/mol. The predicted octanol–water partition coefficient (Wildman–Crippen LogP) is 2.23. The summed E-state index contributed by atoms with van der Waals surface area (Å²) in [5.41, 5.74) is 2.53. The van der Waals surface area contributed by atoms with Crippen molar-refractivity contribution in [2.75, 3.05) is 0 Å². The van der Waals surface area contributed by atoms with Gasteiger partial charge in [-0.1, -0.05) is 0 Å². The molecule has 0 atom stereocenters. The molecule has 0 saturated carbocycles. The van der Waals surface area contributed by atoms with Crippen LogP contribution in [0, 0.1) is 13.8 Å². The number of amides is 2. The summed E-state index contributed by atoms with van der Waals surface area (Å²) in [6, 6.07) is -0.212. The molecule has 2 amide bonds. The number of nitrogens with one attached hydrogen (secondary N) is 2. The van der Waals surface area contributed by atoms with Gasteiger partial charge in [0.15, 0.2) is 0 Å². The third-order valence-electron chi connectivity index (χ3n) is 3.36. The summed E-state index contributed by atoms with van der Waals surface area (Å²) in [7, 11) is 1.88. The van der Waals surface area contributed by atoms with E-state index in [0.717, 1.165) is 22.0 Å². The first-order valence-corrected chi connectivity index (χ1v) is 7.63. The van der Waals surface area contributed by atoms with Crippen molar-refractivity contribution in [1.29, 1.82) is 0 Å². The molecule has 0 radical (unpaired) electrons. The third kappa shape index (κ3) is 3.60. The van der Waals surface area contributed by atoms with E-state index in [-0.39, 0.29) is 6.03 Å². The Hall–Kier alpha value is -1.89. The number of hydrogen-bond acceptors (Lipinski definition) is 4. The van der Waals surface area contributed by atoms with Crippen molar-refractivity contribution in [1.82, 2.24) is 25.4 Å². The monoisotopic (exact) mass is 307 g/mol. The molecule has 2 aromatic rings. The van der Waals surface area contributed by atoms with Crippen molar-refractivity contribution < 1.29 is 4.79 Å². The molecular formula is C14H21N5OS. The second kappa shape index (κ2) is 5.85. The van der Waals surface area contributed by atoms with Crippen molar-refractivity contribution in [3.8, 4) is 0 Å². The lowest BCUT2D eigenvalue weighted by atomic mass is 10.1. The van der Waals surface area contributed by atoms with Gasteiger partial charge in [0.1, 0.15) is 5.01 Å². The minimum absolute atomic E-state index is 0.212. The van der Waals surface area contributed by atoms with E-state index in [0.29, 0.717) is 6.54 Å². The lowest BCUT2D eigenvalue weighted by Gasteiger charge is -2.24. The fraction of sp³-hybridized carbons (Fsp3) is 0.500. The highest BCUT2D eigenvalue weighted by molar-refractivity contribution is 7.09. The summed E-state index contributed by atoms with van der Waals surface area (Å²) in [6.45, 7) is 8.27. The number of carbonyl (C=O) groups excluding carboxylic acids is 1. The molecule has 0 aliphatic heterocycles. The first-order chi connectivity index (χ1) is 9.79. The number of rotatable bonds is 4. The van der Waals surface area contributed by atoms with Gasteiger partial charge in [0.2, 0.25) is 0 Å². The molecule has 0 saturated heterocycles. The molecule has 0 aromatic carbocycles. The number of hydrogen-bond donors (Lipinski definition) is 2. The van der Waals surface area contributed by atoms with Crippen LogP contribution in [0.1, 0.15) is 35.8 Å². The molecule has 7 heteroatoms. The number of carbonyl (C=O) groups is 1. The predicted molar refractivity (Wildman–Crippen MR) is 83.2 cm³/mol. The van der Waals surface area contributed by atoms with Gasteiger partial charge in [-0.2, -0.15) is 5.10 Å². The summed E-state index contributed by atoms with van der Waals surface area (Å²) in [4.78, 5) is 16.5. The normalized spacial score (nSPS) is 11.5. The maximum atomic E-state index is 12.1. The van der Waals surface area contributed by atoms with E-state index < -0.39 is 5.54 Å². The van der Waals surface area contributed by atoms with Crippen LogP contribution in [0.25, 0.3) is 0 Å². The van der Waals surface area contributed by atoms with E-state index in [9.17, 15) is 4.79 Å². The maximum absolute atomic E-state index is 12.1. The van der Waals surface area contributed by atoms with Crippen molar-refractivity contribution in [2.24, 2.45) is 7.05 Å². The van der Waals surface area contributed by atoms with E-state index in [1.165, 1.54) is 0 Å². The average molecular weight is 307 g/mol. The lowest BCUT2D eigenvalue weighted by molar-refractivity contribution is 0.229. The van der Waals surface area contributed by atoms with Crippen LogP contribution in [0.5, 0.6) is 0 Å². The Morgan fingerprint density at radius 2 is 2.14 bits per heavy atom. The first kappa shape index (κ1) is 15.5. The van der Waals surface area contributed by atoms with Crippen molar-refractivity contribution in [3.63, 3.8) is 0 Å². The average Bonchev–Trinajstić information content (AvgIpc) is 2.96. The Morgan fingerprint density at radius 1 is 1.43 bits per heavy atom. The number of thiazole rings is 1. The molecule has 2 heterocycles. The lowest BCUT2D eigenvalue weighted by Crippen LogP contribution is -2.46. The minimum Gasteiger partial charge on any atom is -0.334 e. The molecule has 0 bridgehead atoms. The molecule has 0 aliphatic rings. The van der Waals surface area contributed by atoms with Gasteiger partial charge in [-0.05, 0) is 27.7 Å². The molecule has 114 valence electrons. The third-order valence-corrected chi connectivity index (χ3v) is 4.64. The van der Waals surface area contributed by atoms with E-state index >= 15 is 0 Å². The van der Waals surface area contributed by atoms with Gasteiger partial charge in [0.25, 0.3) is 0 Å². The van der Waals surface area contributed by atoms with Crippen LogP contribution >= 0.6 is 11.3 Å². The van der Waals surface area contributed by atoms with Crippen LogP contribution in [0.15, 0.2) is 11.6 Å². The second-order valence-electron chi connectivity index (χ2n) is 5.61. The quantitative estimate of drug-likeness (QED) is 0.910. The summed E-state index contributed by atoms with van der Waals surface area (Å²) in [6.07, 6.45) is 1.77. The smallest absolute Gasteiger partial charge is 0.315 e. The minimum atomic E-state index is -0.493. The van der Waals surface area contributed by atoms with Crippen LogP contribution in [0.4, 0.5) is 4.79 Å². The molecule has 0 unspecified atom stereocenters. The molecule has 21 heavy (non-hydrogen) atoms. The Kier molecular flexibility index (Phi) is 4.32. The Balaban J connectivity index is 1.94. The number of nitrogens with zero attached hydrogens (tertiary/aromatic N) is 3. The fourth-order valence-electron chi connectivity index (χ4n) is 1.92. The van der Waals surface area contributed by atoms with Crippen molar-refractivity contribution >= 4 is 17.4 Å². The molecule has 0 aliphatic carbocycles. The molecule has 2 N–H and O–H groups in total.